The lowest BCUT2D eigenvalue weighted by molar-refractivity contribution is -0.139. The molecule has 9 nitrogen and oxygen atoms in total. The van der Waals surface area contributed by atoms with E-state index in [1.54, 1.807) is 30.3 Å². The zero-order valence-electron chi connectivity index (χ0n) is 25.8. The van der Waals surface area contributed by atoms with Crippen LogP contribution < -0.4 is 14.8 Å². The fraction of sp³-hybridized carbons (Fsp3) is 0.314. The highest BCUT2D eigenvalue weighted by Crippen LogP contribution is 2.43. The zero-order chi connectivity index (χ0) is 32.7. The molecule has 0 aliphatic heterocycles. The molecule has 0 saturated heterocycles. The van der Waals surface area contributed by atoms with E-state index in [2.05, 4.69) is 5.32 Å². The van der Waals surface area contributed by atoms with Crippen LogP contribution in [0.4, 0.5) is 10.1 Å². The van der Waals surface area contributed by atoms with E-state index in [9.17, 15) is 24.2 Å². The third-order valence-electron chi connectivity index (χ3n) is 7.51. The molecule has 0 unspecified atom stereocenters. The minimum absolute atomic E-state index is 0.118. The third-order valence-corrected chi connectivity index (χ3v) is 7.51. The van der Waals surface area contributed by atoms with Crippen LogP contribution in [0.2, 0.25) is 0 Å². The fourth-order valence-corrected chi connectivity index (χ4v) is 5.56. The molecule has 0 aliphatic carbocycles. The van der Waals surface area contributed by atoms with Gasteiger partial charge in [-0.1, -0.05) is 44.2 Å². The Morgan fingerprint density at radius 1 is 0.889 bits per heavy atom. The van der Waals surface area contributed by atoms with Crippen molar-refractivity contribution in [3.05, 3.63) is 89.9 Å². The summed E-state index contributed by atoms with van der Waals surface area (Å²) in [5.74, 6) is -1.11. The van der Waals surface area contributed by atoms with Crippen molar-refractivity contribution in [3.63, 3.8) is 0 Å². The van der Waals surface area contributed by atoms with Crippen molar-refractivity contribution in [2.45, 2.75) is 57.8 Å². The van der Waals surface area contributed by atoms with Crippen LogP contribution in [0.5, 0.6) is 11.5 Å². The Morgan fingerprint density at radius 2 is 1.51 bits per heavy atom. The second-order valence-electron chi connectivity index (χ2n) is 11.1. The highest BCUT2D eigenvalue weighted by atomic mass is 19.1. The van der Waals surface area contributed by atoms with Gasteiger partial charge in [0.05, 0.1) is 44.1 Å². The predicted octanol–water partition coefficient (Wildman–Crippen LogP) is 6.33. The van der Waals surface area contributed by atoms with Gasteiger partial charge in [0.2, 0.25) is 0 Å². The molecule has 1 amide bonds. The molecule has 2 atom stereocenters. The van der Waals surface area contributed by atoms with Crippen LogP contribution >= 0.6 is 0 Å². The molecule has 1 heterocycles. The molecule has 0 aliphatic rings. The molecule has 0 bridgehead atoms. The molecule has 10 heteroatoms. The lowest BCUT2D eigenvalue weighted by Gasteiger charge is -2.20. The van der Waals surface area contributed by atoms with Gasteiger partial charge in [-0.05, 0) is 54.2 Å². The van der Waals surface area contributed by atoms with Gasteiger partial charge in [-0.3, -0.25) is 9.59 Å². The standard InChI is InChI=1S/C35H39FN2O7/c1-21(2)33-32(35(43)37-25-16-28(44-3)20-29(17-25)45-4)31(22-8-6-5-7-9-22)34(23-10-12-24(36)13-11-23)38(33)15-14-26(39)18-27(40)19-30(41)42/h5-13,16-17,20-21,26-27,39-40H,14-15,18-19H2,1-4H3,(H,37,43)(H,41,42)/t26-,27-/m1/s1. The number of rotatable bonds is 14. The summed E-state index contributed by atoms with van der Waals surface area (Å²) >= 11 is 0. The summed E-state index contributed by atoms with van der Waals surface area (Å²) in [5.41, 5.74) is 4.30. The molecular weight excluding hydrogens is 579 g/mol. The van der Waals surface area contributed by atoms with Gasteiger partial charge in [0.25, 0.3) is 5.91 Å². The maximum atomic E-state index is 14.4. The first kappa shape index (κ1) is 33.2. The average Bonchev–Trinajstić information content (AvgIpc) is 3.35. The molecule has 0 fully saturated rings. The molecule has 0 radical (unpaired) electrons. The van der Waals surface area contributed by atoms with Gasteiger partial charge in [-0.15, -0.1) is 0 Å². The number of benzene rings is 3. The molecule has 4 aromatic rings. The minimum Gasteiger partial charge on any atom is -0.497 e. The second kappa shape index (κ2) is 14.9. The Labute approximate surface area is 261 Å². The quantitative estimate of drug-likeness (QED) is 0.130. The number of hydrogen-bond donors (Lipinski definition) is 4. The van der Waals surface area contributed by atoms with Crippen LogP contribution in [0, 0.1) is 5.82 Å². The summed E-state index contributed by atoms with van der Waals surface area (Å²) in [6.45, 7) is 4.17. The number of ether oxygens (including phenoxy) is 2. The fourth-order valence-electron chi connectivity index (χ4n) is 5.56. The van der Waals surface area contributed by atoms with Crippen molar-refractivity contribution < 1.29 is 38.8 Å². The summed E-state index contributed by atoms with van der Waals surface area (Å²) in [6, 6.07) is 20.5. The van der Waals surface area contributed by atoms with Gasteiger partial charge < -0.3 is 34.7 Å². The third kappa shape index (κ3) is 8.09. The number of carbonyl (C=O) groups excluding carboxylic acids is 1. The minimum atomic E-state index is -1.20. The number of anilines is 1. The molecule has 4 N–H and O–H groups in total. The number of carboxylic acids is 1. The van der Waals surface area contributed by atoms with Crippen LogP contribution in [0.15, 0.2) is 72.8 Å². The number of nitrogens with one attached hydrogen (secondary N) is 1. The maximum absolute atomic E-state index is 14.4. The van der Waals surface area contributed by atoms with Crippen molar-refractivity contribution in [1.29, 1.82) is 0 Å². The van der Waals surface area contributed by atoms with E-state index in [-0.39, 0.29) is 31.2 Å². The van der Waals surface area contributed by atoms with Crippen LogP contribution in [0.3, 0.4) is 0 Å². The van der Waals surface area contributed by atoms with E-state index in [0.717, 1.165) is 5.56 Å². The number of halogens is 1. The molecule has 1 aromatic heterocycles. The number of methoxy groups -OCH3 is 2. The lowest BCUT2D eigenvalue weighted by Crippen LogP contribution is -2.22. The monoisotopic (exact) mass is 618 g/mol. The van der Waals surface area contributed by atoms with E-state index in [1.807, 2.05) is 48.7 Å². The van der Waals surface area contributed by atoms with E-state index in [4.69, 9.17) is 14.6 Å². The number of aliphatic hydroxyl groups is 2. The number of amides is 1. The second-order valence-corrected chi connectivity index (χ2v) is 11.1. The Bertz CT molecular complexity index is 1600. The van der Waals surface area contributed by atoms with Gasteiger partial charge in [-0.2, -0.15) is 0 Å². The van der Waals surface area contributed by atoms with Gasteiger partial charge >= 0.3 is 5.97 Å². The number of aliphatic carboxylic acids is 1. The molecule has 45 heavy (non-hydrogen) atoms. The van der Waals surface area contributed by atoms with Crippen molar-refractivity contribution in [1.82, 2.24) is 4.57 Å². The molecule has 238 valence electrons. The lowest BCUT2D eigenvalue weighted by atomic mass is 9.94. The van der Waals surface area contributed by atoms with Gasteiger partial charge in [0.15, 0.2) is 0 Å². The molecule has 4 rings (SSSR count). The smallest absolute Gasteiger partial charge is 0.305 e. The Kier molecular flexibility index (Phi) is 11.0. The predicted molar refractivity (Wildman–Crippen MR) is 170 cm³/mol. The Morgan fingerprint density at radius 3 is 2.07 bits per heavy atom. The Balaban J connectivity index is 1.91. The summed E-state index contributed by atoms with van der Waals surface area (Å²) in [6.07, 6.45) is -2.64. The highest BCUT2D eigenvalue weighted by Gasteiger charge is 2.31. The van der Waals surface area contributed by atoms with E-state index < -0.39 is 30.4 Å². The van der Waals surface area contributed by atoms with Crippen LogP contribution in [0.25, 0.3) is 22.4 Å². The molecular formula is C35H39FN2O7. The van der Waals surface area contributed by atoms with E-state index >= 15 is 0 Å². The normalized spacial score (nSPS) is 12.5. The topological polar surface area (TPSA) is 130 Å². The summed E-state index contributed by atoms with van der Waals surface area (Å²) in [5, 5.41) is 32.9. The largest absolute Gasteiger partial charge is 0.497 e. The van der Waals surface area contributed by atoms with Gasteiger partial charge in [-0.25, -0.2) is 4.39 Å². The number of hydrogen-bond acceptors (Lipinski definition) is 6. The molecule has 0 saturated carbocycles. The van der Waals surface area contributed by atoms with Gasteiger partial charge in [0.1, 0.15) is 17.3 Å². The first-order valence-corrected chi connectivity index (χ1v) is 14.7. The van der Waals surface area contributed by atoms with Crippen LogP contribution in [-0.4, -0.2) is 58.2 Å². The first-order valence-electron chi connectivity index (χ1n) is 14.7. The SMILES string of the molecule is COc1cc(NC(=O)c2c(-c3ccccc3)c(-c3ccc(F)cc3)n(CC[C@@H](O)C[C@@H](O)CC(=O)O)c2C(C)C)cc(OC)c1. The molecule has 3 aromatic carbocycles. The maximum Gasteiger partial charge on any atom is 0.305 e. The number of carboxylic acid groups (broad SMARTS) is 1. The summed E-state index contributed by atoms with van der Waals surface area (Å²) in [4.78, 5) is 25.4. The van der Waals surface area contributed by atoms with Crippen LogP contribution in [-0.2, 0) is 11.3 Å². The summed E-state index contributed by atoms with van der Waals surface area (Å²) < 4.78 is 26.9. The van der Waals surface area contributed by atoms with E-state index in [1.165, 1.54) is 26.4 Å². The van der Waals surface area contributed by atoms with Crippen molar-refractivity contribution >= 4 is 17.6 Å². The first-order chi connectivity index (χ1) is 21.5. The Hall–Kier alpha value is -4.67. The highest BCUT2D eigenvalue weighted by molar-refractivity contribution is 6.12. The number of nitrogens with zero attached hydrogens (tertiary/aromatic N) is 1. The number of aromatic nitrogens is 1. The summed E-state index contributed by atoms with van der Waals surface area (Å²) in [7, 11) is 3.05. The zero-order valence-corrected chi connectivity index (χ0v) is 25.8. The molecule has 0 spiro atoms. The number of aliphatic hydroxyl groups excluding tert-OH is 2. The van der Waals surface area contributed by atoms with Crippen LogP contribution in [0.1, 0.15) is 55.1 Å². The average molecular weight is 619 g/mol. The van der Waals surface area contributed by atoms with Gasteiger partial charge in [0, 0.05) is 41.7 Å². The number of carbonyl (C=O) groups is 2. The van der Waals surface area contributed by atoms with Crippen molar-refractivity contribution in [2.24, 2.45) is 0 Å². The van der Waals surface area contributed by atoms with E-state index in [0.29, 0.717) is 45.3 Å². The van der Waals surface area contributed by atoms with Crippen molar-refractivity contribution in [3.8, 4) is 33.9 Å². The van der Waals surface area contributed by atoms with Crippen molar-refractivity contribution in [2.75, 3.05) is 19.5 Å².